The van der Waals surface area contributed by atoms with E-state index in [1.165, 1.54) is 0 Å². The summed E-state index contributed by atoms with van der Waals surface area (Å²) in [5.41, 5.74) is 1.79. The first kappa shape index (κ1) is 11.2. The Bertz CT molecular complexity index is 708. The van der Waals surface area contributed by atoms with Crippen LogP contribution in [0.2, 0.25) is 0 Å². The molecule has 0 bridgehead atoms. The molecule has 0 saturated carbocycles. The molecule has 0 amide bonds. The molecule has 0 aliphatic heterocycles. The number of rotatable bonds is 2. The Kier molecular flexibility index (Phi) is 2.76. The number of nitrogens with zero attached hydrogens (tertiary/aromatic N) is 3. The van der Waals surface area contributed by atoms with Crippen molar-refractivity contribution < 1.29 is 4.74 Å². The standard InChI is InChI=1S/C13H10BrN3O/c1-18-10-5-2-4-9(8-10)12-16-11(14)13-15-6-3-7-17(12)13/h2-8H,1H3. The zero-order valence-electron chi connectivity index (χ0n) is 9.67. The highest BCUT2D eigenvalue weighted by Gasteiger charge is 2.11. The molecule has 0 saturated heterocycles. The highest BCUT2D eigenvalue weighted by Crippen LogP contribution is 2.26. The van der Waals surface area contributed by atoms with Gasteiger partial charge < -0.3 is 4.74 Å². The zero-order valence-corrected chi connectivity index (χ0v) is 11.3. The normalized spacial score (nSPS) is 10.8. The molecule has 0 fully saturated rings. The molecule has 1 aromatic carbocycles. The van der Waals surface area contributed by atoms with E-state index in [9.17, 15) is 0 Å². The van der Waals surface area contributed by atoms with Crippen LogP contribution in [0.25, 0.3) is 17.0 Å². The number of methoxy groups -OCH3 is 1. The topological polar surface area (TPSA) is 39.4 Å². The van der Waals surface area contributed by atoms with Crippen LogP contribution >= 0.6 is 15.9 Å². The van der Waals surface area contributed by atoms with Gasteiger partial charge in [0.25, 0.3) is 0 Å². The largest absolute Gasteiger partial charge is 0.497 e. The van der Waals surface area contributed by atoms with Gasteiger partial charge in [0.1, 0.15) is 11.6 Å². The number of benzene rings is 1. The molecule has 0 atom stereocenters. The first-order valence-corrected chi connectivity index (χ1v) is 6.22. The van der Waals surface area contributed by atoms with E-state index in [1.54, 1.807) is 13.3 Å². The second kappa shape index (κ2) is 4.42. The molecule has 18 heavy (non-hydrogen) atoms. The molecule has 3 aromatic rings. The van der Waals surface area contributed by atoms with Crippen LogP contribution in [0, 0.1) is 0 Å². The average molecular weight is 304 g/mol. The molecule has 5 heteroatoms. The minimum atomic E-state index is 0.737. The third kappa shape index (κ3) is 1.76. The molecule has 2 heterocycles. The van der Waals surface area contributed by atoms with Crippen LogP contribution in [-0.4, -0.2) is 21.5 Å². The molecular formula is C13H10BrN3O. The first-order valence-electron chi connectivity index (χ1n) is 5.42. The van der Waals surface area contributed by atoms with E-state index in [0.717, 1.165) is 27.4 Å². The lowest BCUT2D eigenvalue weighted by atomic mass is 10.2. The monoisotopic (exact) mass is 303 g/mol. The molecular weight excluding hydrogens is 294 g/mol. The van der Waals surface area contributed by atoms with E-state index >= 15 is 0 Å². The average Bonchev–Trinajstić information content (AvgIpc) is 2.77. The smallest absolute Gasteiger partial charge is 0.171 e. The van der Waals surface area contributed by atoms with E-state index in [0.29, 0.717) is 0 Å². The van der Waals surface area contributed by atoms with Gasteiger partial charge in [-0.2, -0.15) is 0 Å². The van der Waals surface area contributed by atoms with Gasteiger partial charge in [-0.1, -0.05) is 12.1 Å². The maximum Gasteiger partial charge on any atom is 0.171 e. The van der Waals surface area contributed by atoms with Crippen LogP contribution in [0.1, 0.15) is 0 Å². The van der Waals surface area contributed by atoms with E-state index in [4.69, 9.17) is 4.74 Å². The SMILES string of the molecule is COc1cccc(-c2nc(Br)c3ncccn23)c1. The summed E-state index contributed by atoms with van der Waals surface area (Å²) in [7, 11) is 1.65. The summed E-state index contributed by atoms with van der Waals surface area (Å²) in [4.78, 5) is 8.79. The Hall–Kier alpha value is -1.88. The zero-order chi connectivity index (χ0) is 12.5. The number of ether oxygens (including phenoxy) is 1. The van der Waals surface area contributed by atoms with Crippen molar-refractivity contribution in [3.63, 3.8) is 0 Å². The van der Waals surface area contributed by atoms with Gasteiger partial charge in [0.2, 0.25) is 0 Å². The molecule has 90 valence electrons. The summed E-state index contributed by atoms with van der Waals surface area (Å²) in [6.45, 7) is 0. The van der Waals surface area contributed by atoms with Crippen LogP contribution < -0.4 is 4.74 Å². The lowest BCUT2D eigenvalue weighted by Gasteiger charge is -2.03. The fraction of sp³-hybridized carbons (Fsp3) is 0.0769. The molecule has 4 nitrogen and oxygen atoms in total. The summed E-state index contributed by atoms with van der Waals surface area (Å²) in [6, 6.07) is 9.68. The van der Waals surface area contributed by atoms with Crippen LogP contribution in [0.5, 0.6) is 5.75 Å². The number of halogens is 1. The predicted molar refractivity (Wildman–Crippen MR) is 72.7 cm³/mol. The second-order valence-electron chi connectivity index (χ2n) is 3.77. The number of fused-ring (bicyclic) bond motifs is 1. The lowest BCUT2D eigenvalue weighted by molar-refractivity contribution is 0.415. The Balaban J connectivity index is 2.25. The summed E-state index contributed by atoms with van der Waals surface area (Å²) >= 11 is 3.42. The van der Waals surface area contributed by atoms with Crippen molar-refractivity contribution in [2.75, 3.05) is 7.11 Å². The van der Waals surface area contributed by atoms with Gasteiger partial charge in [-0.05, 0) is 34.1 Å². The van der Waals surface area contributed by atoms with E-state index in [2.05, 4.69) is 25.9 Å². The minimum absolute atomic E-state index is 0.737. The highest BCUT2D eigenvalue weighted by atomic mass is 79.9. The number of hydrogen-bond acceptors (Lipinski definition) is 3. The van der Waals surface area contributed by atoms with Crippen LogP contribution in [0.4, 0.5) is 0 Å². The van der Waals surface area contributed by atoms with Gasteiger partial charge in [0, 0.05) is 18.0 Å². The molecule has 0 unspecified atom stereocenters. The van der Waals surface area contributed by atoms with Gasteiger partial charge >= 0.3 is 0 Å². The van der Waals surface area contributed by atoms with E-state index in [-0.39, 0.29) is 0 Å². The van der Waals surface area contributed by atoms with Crippen LogP contribution in [-0.2, 0) is 0 Å². The van der Waals surface area contributed by atoms with E-state index < -0.39 is 0 Å². The van der Waals surface area contributed by atoms with Gasteiger partial charge in [0.05, 0.1) is 7.11 Å². The van der Waals surface area contributed by atoms with Crippen molar-refractivity contribution in [1.82, 2.24) is 14.4 Å². The Morgan fingerprint density at radius 1 is 1.28 bits per heavy atom. The quantitative estimate of drug-likeness (QED) is 0.730. The van der Waals surface area contributed by atoms with Crippen molar-refractivity contribution >= 4 is 21.6 Å². The van der Waals surface area contributed by atoms with Crippen molar-refractivity contribution in [1.29, 1.82) is 0 Å². The summed E-state index contributed by atoms with van der Waals surface area (Å²) < 4.78 is 7.91. The number of aromatic nitrogens is 3. The molecule has 0 aliphatic carbocycles. The van der Waals surface area contributed by atoms with Crippen LogP contribution in [0.3, 0.4) is 0 Å². The van der Waals surface area contributed by atoms with Crippen molar-refractivity contribution in [2.45, 2.75) is 0 Å². The fourth-order valence-corrected chi connectivity index (χ4v) is 2.32. The van der Waals surface area contributed by atoms with Crippen molar-refractivity contribution in [2.24, 2.45) is 0 Å². The van der Waals surface area contributed by atoms with Crippen LogP contribution in [0.15, 0.2) is 47.3 Å². The molecule has 0 aliphatic rings. The number of imidazole rings is 1. The molecule has 2 aromatic heterocycles. The maximum absolute atomic E-state index is 5.23. The molecule has 0 N–H and O–H groups in total. The Labute approximate surface area is 112 Å². The lowest BCUT2D eigenvalue weighted by Crippen LogP contribution is -1.91. The summed E-state index contributed by atoms with van der Waals surface area (Å²) in [5, 5.41) is 0. The van der Waals surface area contributed by atoms with E-state index in [1.807, 2.05) is 40.9 Å². The number of hydrogen-bond donors (Lipinski definition) is 0. The van der Waals surface area contributed by atoms with Gasteiger partial charge in [-0.15, -0.1) is 0 Å². The molecule has 0 spiro atoms. The maximum atomic E-state index is 5.23. The van der Waals surface area contributed by atoms with Gasteiger partial charge in [-0.25, -0.2) is 9.97 Å². The fourth-order valence-electron chi connectivity index (χ4n) is 1.86. The third-order valence-electron chi connectivity index (χ3n) is 2.69. The van der Waals surface area contributed by atoms with Gasteiger partial charge in [0.15, 0.2) is 10.3 Å². The highest BCUT2D eigenvalue weighted by molar-refractivity contribution is 9.10. The van der Waals surface area contributed by atoms with Crippen molar-refractivity contribution in [3.8, 4) is 17.1 Å². The molecule has 3 rings (SSSR count). The summed E-state index contributed by atoms with van der Waals surface area (Å²) in [6.07, 6.45) is 3.69. The summed E-state index contributed by atoms with van der Waals surface area (Å²) in [5.74, 6) is 1.65. The second-order valence-corrected chi connectivity index (χ2v) is 4.52. The Morgan fingerprint density at radius 3 is 3.00 bits per heavy atom. The first-order chi connectivity index (χ1) is 8.79. The Morgan fingerprint density at radius 2 is 2.17 bits per heavy atom. The van der Waals surface area contributed by atoms with Crippen molar-refractivity contribution in [3.05, 3.63) is 47.3 Å². The minimum Gasteiger partial charge on any atom is -0.497 e. The molecule has 0 radical (unpaired) electrons. The van der Waals surface area contributed by atoms with Gasteiger partial charge in [-0.3, -0.25) is 4.40 Å². The predicted octanol–water partition coefficient (Wildman–Crippen LogP) is 3.17. The third-order valence-corrected chi connectivity index (χ3v) is 3.22.